The molecule has 0 radical (unpaired) electrons. The van der Waals surface area contributed by atoms with Gasteiger partial charge in [-0.3, -0.25) is 5.32 Å². The van der Waals surface area contributed by atoms with Gasteiger partial charge in [-0.25, -0.2) is 4.79 Å². The zero-order chi connectivity index (χ0) is 15.1. The van der Waals surface area contributed by atoms with Gasteiger partial charge in [0.05, 0.1) is 6.61 Å². The first-order chi connectivity index (χ1) is 10.2. The Hall–Kier alpha value is -1.99. The number of aliphatic hydroxyl groups is 1. The van der Waals surface area contributed by atoms with E-state index in [1.807, 2.05) is 24.3 Å². The minimum atomic E-state index is -0.332. The molecule has 0 unspecified atom stereocenters. The molecule has 0 bridgehead atoms. The van der Waals surface area contributed by atoms with Gasteiger partial charge < -0.3 is 10.4 Å². The molecule has 1 aromatic carbocycles. The van der Waals surface area contributed by atoms with Gasteiger partial charge in [0.15, 0.2) is 0 Å². The highest BCUT2D eigenvalue weighted by Crippen LogP contribution is 2.16. The second-order valence-electron chi connectivity index (χ2n) is 4.49. The van der Waals surface area contributed by atoms with E-state index in [0.29, 0.717) is 11.7 Å². The molecule has 0 atom stereocenters. The molecule has 0 saturated carbocycles. The number of aryl methyl sites for hydroxylation is 1. The maximum Gasteiger partial charge on any atom is 0.321 e. The highest BCUT2D eigenvalue weighted by Gasteiger charge is 2.08. The fraction of sp³-hybridized carbons (Fsp3) is 0.357. The van der Waals surface area contributed by atoms with Crippen molar-refractivity contribution in [1.29, 1.82) is 0 Å². The van der Waals surface area contributed by atoms with Gasteiger partial charge in [-0.05, 0) is 17.5 Å². The lowest BCUT2D eigenvalue weighted by atomic mass is 10.1. The van der Waals surface area contributed by atoms with E-state index >= 15 is 0 Å². The van der Waals surface area contributed by atoms with Gasteiger partial charge >= 0.3 is 6.03 Å². The minimum Gasteiger partial charge on any atom is -0.392 e. The molecule has 112 valence electrons. The number of anilines is 1. The molecule has 21 heavy (non-hydrogen) atoms. The lowest BCUT2D eigenvalue weighted by molar-refractivity contribution is 0.251. The van der Waals surface area contributed by atoms with Crippen molar-refractivity contribution in [3.8, 4) is 0 Å². The molecule has 2 amide bonds. The Morgan fingerprint density at radius 1 is 1.29 bits per heavy atom. The van der Waals surface area contributed by atoms with Crippen LogP contribution in [0.3, 0.4) is 0 Å². The summed E-state index contributed by atoms with van der Waals surface area (Å²) in [6.45, 7) is 2.37. The van der Waals surface area contributed by atoms with Gasteiger partial charge in [0.25, 0.3) is 0 Å². The largest absolute Gasteiger partial charge is 0.392 e. The number of aromatic nitrogens is 2. The van der Waals surface area contributed by atoms with Crippen LogP contribution < -0.4 is 10.6 Å². The predicted octanol–water partition coefficient (Wildman–Crippen LogP) is 2.30. The molecule has 0 aliphatic carbocycles. The van der Waals surface area contributed by atoms with Gasteiger partial charge in [0, 0.05) is 13.0 Å². The SMILES string of the molecule is CCCc1nnc(NC(=O)NCc2ccccc2CO)s1. The van der Waals surface area contributed by atoms with E-state index in [-0.39, 0.29) is 12.6 Å². The average Bonchev–Trinajstić information content (AvgIpc) is 2.93. The van der Waals surface area contributed by atoms with Crippen LogP contribution in [-0.2, 0) is 19.6 Å². The first kappa shape index (κ1) is 15.4. The summed E-state index contributed by atoms with van der Waals surface area (Å²) < 4.78 is 0. The summed E-state index contributed by atoms with van der Waals surface area (Å²) in [6.07, 6.45) is 1.86. The Morgan fingerprint density at radius 3 is 2.76 bits per heavy atom. The first-order valence-corrected chi connectivity index (χ1v) is 7.59. The number of urea groups is 1. The molecule has 0 saturated heterocycles. The van der Waals surface area contributed by atoms with Crippen LogP contribution in [0.25, 0.3) is 0 Å². The Kier molecular flexibility index (Phi) is 5.65. The van der Waals surface area contributed by atoms with E-state index in [1.54, 1.807) is 0 Å². The fourth-order valence-corrected chi connectivity index (χ4v) is 2.66. The van der Waals surface area contributed by atoms with E-state index in [4.69, 9.17) is 0 Å². The molecular formula is C14H18N4O2S. The van der Waals surface area contributed by atoms with E-state index < -0.39 is 0 Å². The smallest absolute Gasteiger partial charge is 0.321 e. The topological polar surface area (TPSA) is 87.1 Å². The third kappa shape index (κ3) is 4.51. The Labute approximate surface area is 127 Å². The Bertz CT molecular complexity index is 600. The summed E-state index contributed by atoms with van der Waals surface area (Å²) in [6, 6.07) is 7.09. The summed E-state index contributed by atoms with van der Waals surface area (Å²) in [5.41, 5.74) is 1.69. The average molecular weight is 306 g/mol. The molecule has 1 aromatic heterocycles. The maximum atomic E-state index is 11.8. The van der Waals surface area contributed by atoms with Crippen molar-refractivity contribution >= 4 is 22.5 Å². The molecule has 2 rings (SSSR count). The number of nitrogens with zero attached hydrogens (tertiary/aromatic N) is 2. The second kappa shape index (κ2) is 7.70. The molecule has 1 heterocycles. The molecule has 2 aromatic rings. The van der Waals surface area contributed by atoms with Crippen molar-refractivity contribution in [3.05, 3.63) is 40.4 Å². The quantitative estimate of drug-likeness (QED) is 0.764. The van der Waals surface area contributed by atoms with E-state index in [1.165, 1.54) is 11.3 Å². The van der Waals surface area contributed by atoms with Gasteiger partial charge in [-0.15, -0.1) is 10.2 Å². The Morgan fingerprint density at radius 2 is 2.05 bits per heavy atom. The third-order valence-electron chi connectivity index (χ3n) is 2.88. The summed E-state index contributed by atoms with van der Waals surface area (Å²) in [5.74, 6) is 0. The van der Waals surface area contributed by atoms with Crippen LogP contribution >= 0.6 is 11.3 Å². The number of hydrogen-bond donors (Lipinski definition) is 3. The predicted molar refractivity (Wildman–Crippen MR) is 82.1 cm³/mol. The van der Waals surface area contributed by atoms with Crippen LogP contribution in [0.2, 0.25) is 0 Å². The molecule has 0 spiro atoms. The van der Waals surface area contributed by atoms with E-state index in [9.17, 15) is 9.90 Å². The van der Waals surface area contributed by atoms with Crippen molar-refractivity contribution in [2.24, 2.45) is 0 Å². The van der Waals surface area contributed by atoms with Crippen LogP contribution in [0.15, 0.2) is 24.3 Å². The normalized spacial score (nSPS) is 10.4. The van der Waals surface area contributed by atoms with Crippen molar-refractivity contribution in [2.75, 3.05) is 5.32 Å². The van der Waals surface area contributed by atoms with E-state index in [0.717, 1.165) is 29.0 Å². The van der Waals surface area contributed by atoms with Gasteiger partial charge in [-0.2, -0.15) is 0 Å². The van der Waals surface area contributed by atoms with E-state index in [2.05, 4.69) is 27.8 Å². The highest BCUT2D eigenvalue weighted by molar-refractivity contribution is 7.15. The van der Waals surface area contributed by atoms with Crippen molar-refractivity contribution in [3.63, 3.8) is 0 Å². The van der Waals surface area contributed by atoms with Crippen LogP contribution in [0.4, 0.5) is 9.93 Å². The monoisotopic (exact) mass is 306 g/mol. The molecule has 0 aliphatic heterocycles. The first-order valence-electron chi connectivity index (χ1n) is 6.77. The molecule has 0 aliphatic rings. The molecule has 7 heteroatoms. The summed E-state index contributed by atoms with van der Waals surface area (Å²) in [4.78, 5) is 11.8. The number of amides is 2. The standard InChI is InChI=1S/C14H18N4O2S/c1-2-5-12-17-18-14(21-12)16-13(20)15-8-10-6-3-4-7-11(10)9-19/h3-4,6-7,19H,2,5,8-9H2,1H3,(H2,15,16,18,20). The molecular weight excluding hydrogens is 288 g/mol. The molecule has 3 N–H and O–H groups in total. The van der Waals surface area contributed by atoms with Crippen molar-refractivity contribution in [2.45, 2.75) is 32.9 Å². The third-order valence-corrected chi connectivity index (χ3v) is 3.78. The number of rotatable bonds is 6. The summed E-state index contributed by atoms with van der Waals surface area (Å²) in [5, 5.41) is 24.0. The molecule has 6 nitrogen and oxygen atoms in total. The fourth-order valence-electron chi connectivity index (χ4n) is 1.82. The Balaban J connectivity index is 1.86. The summed E-state index contributed by atoms with van der Waals surface area (Å²) >= 11 is 1.38. The minimum absolute atomic E-state index is 0.0454. The van der Waals surface area contributed by atoms with Gasteiger partial charge in [0.1, 0.15) is 5.01 Å². The van der Waals surface area contributed by atoms with Crippen LogP contribution in [0.5, 0.6) is 0 Å². The number of aliphatic hydroxyl groups excluding tert-OH is 1. The molecule has 0 fully saturated rings. The van der Waals surface area contributed by atoms with Crippen LogP contribution in [0, 0.1) is 0 Å². The van der Waals surface area contributed by atoms with Crippen molar-refractivity contribution in [1.82, 2.24) is 15.5 Å². The second-order valence-corrected chi connectivity index (χ2v) is 5.55. The summed E-state index contributed by atoms with van der Waals surface area (Å²) in [7, 11) is 0. The number of benzene rings is 1. The van der Waals surface area contributed by atoms with Crippen molar-refractivity contribution < 1.29 is 9.90 Å². The number of hydrogen-bond acceptors (Lipinski definition) is 5. The number of nitrogens with one attached hydrogen (secondary N) is 2. The zero-order valence-corrected chi connectivity index (χ0v) is 12.6. The number of carbonyl (C=O) groups excluding carboxylic acids is 1. The van der Waals surface area contributed by atoms with Gasteiger partial charge in [-0.1, -0.05) is 42.5 Å². The maximum absolute atomic E-state index is 11.8. The van der Waals surface area contributed by atoms with Gasteiger partial charge in [0.2, 0.25) is 5.13 Å². The lowest BCUT2D eigenvalue weighted by Gasteiger charge is -2.08. The lowest BCUT2D eigenvalue weighted by Crippen LogP contribution is -2.28. The zero-order valence-electron chi connectivity index (χ0n) is 11.8. The van der Waals surface area contributed by atoms with Crippen LogP contribution in [-0.4, -0.2) is 21.3 Å². The number of carbonyl (C=O) groups is 1. The van der Waals surface area contributed by atoms with Crippen LogP contribution in [0.1, 0.15) is 29.5 Å². The highest BCUT2D eigenvalue weighted by atomic mass is 32.1.